The number of aryl methyl sites for hydroxylation is 2. The van der Waals surface area contributed by atoms with Crippen molar-refractivity contribution in [2.75, 3.05) is 6.61 Å². The summed E-state index contributed by atoms with van der Waals surface area (Å²) in [6.45, 7) is 3.07. The molecule has 0 unspecified atom stereocenters. The molecule has 1 aromatic rings. The topological polar surface area (TPSA) is 9.23 Å². The summed E-state index contributed by atoms with van der Waals surface area (Å²) in [6, 6.07) is 3.70. The highest BCUT2D eigenvalue weighted by atomic mass is 19.4. The van der Waals surface area contributed by atoms with E-state index in [1.807, 2.05) is 26.8 Å². The first kappa shape index (κ1) is 13.7. The van der Waals surface area contributed by atoms with Crippen molar-refractivity contribution in [3.63, 3.8) is 0 Å². The van der Waals surface area contributed by atoms with Gasteiger partial charge in [-0.1, -0.05) is 6.07 Å². The summed E-state index contributed by atoms with van der Waals surface area (Å²) in [7, 11) is 0. The molecule has 0 atom stereocenters. The quantitative estimate of drug-likeness (QED) is 0.728. The van der Waals surface area contributed by atoms with Crippen LogP contribution in [0.3, 0.4) is 0 Å². The maximum atomic E-state index is 12.3. The lowest BCUT2D eigenvalue weighted by molar-refractivity contribution is 0.344. The molecule has 1 rings (SSSR count). The molecular formula is C12H15BF3O-. The molecule has 5 heteroatoms. The Morgan fingerprint density at radius 2 is 1.82 bits per heavy atom. The molecule has 0 N–H and O–H groups in total. The molecule has 1 aromatic carbocycles. The van der Waals surface area contributed by atoms with Crippen LogP contribution < -0.4 is 4.74 Å². The maximum absolute atomic E-state index is 12.3. The molecule has 0 spiro atoms. The Kier molecular flexibility index (Phi) is 3.91. The molecule has 0 aromatic heterocycles. The molecule has 0 heterocycles. The minimum absolute atomic E-state index is 0.490. The zero-order valence-corrected chi connectivity index (χ0v) is 10.2. The zero-order chi connectivity index (χ0) is 13.2. The number of halogens is 3. The number of benzene rings is 1. The summed E-state index contributed by atoms with van der Waals surface area (Å²) in [4.78, 5) is 0. The SMILES string of the molecule is C=C(COc1cc(C)cc(C)c1C)[B-](F)(F)F. The van der Waals surface area contributed by atoms with Gasteiger partial charge in [0.2, 0.25) is 0 Å². The fourth-order valence-corrected chi connectivity index (χ4v) is 1.42. The van der Waals surface area contributed by atoms with Crippen molar-refractivity contribution in [3.8, 4) is 5.75 Å². The van der Waals surface area contributed by atoms with Gasteiger partial charge < -0.3 is 17.7 Å². The second-order valence-electron chi connectivity index (χ2n) is 4.23. The van der Waals surface area contributed by atoms with Crippen molar-refractivity contribution in [2.45, 2.75) is 20.8 Å². The molecule has 0 amide bonds. The predicted octanol–water partition coefficient (Wildman–Crippen LogP) is 3.93. The van der Waals surface area contributed by atoms with Crippen LogP contribution in [-0.4, -0.2) is 13.6 Å². The molecule has 0 aliphatic rings. The van der Waals surface area contributed by atoms with E-state index in [4.69, 9.17) is 4.74 Å². The Morgan fingerprint density at radius 1 is 1.24 bits per heavy atom. The minimum Gasteiger partial charge on any atom is -0.492 e. The second kappa shape index (κ2) is 4.86. The highest BCUT2D eigenvalue weighted by molar-refractivity contribution is 6.66. The van der Waals surface area contributed by atoms with Crippen LogP contribution in [-0.2, 0) is 0 Å². The molecular weight excluding hydrogens is 228 g/mol. The molecule has 0 radical (unpaired) electrons. The first-order valence-corrected chi connectivity index (χ1v) is 5.30. The molecule has 1 nitrogen and oxygen atoms in total. The Labute approximate surface area is 99.3 Å². The van der Waals surface area contributed by atoms with Crippen molar-refractivity contribution >= 4 is 6.98 Å². The van der Waals surface area contributed by atoms with Crippen LogP contribution in [0.15, 0.2) is 24.2 Å². The van der Waals surface area contributed by atoms with E-state index < -0.39 is 19.1 Å². The van der Waals surface area contributed by atoms with E-state index in [2.05, 4.69) is 6.58 Å². The van der Waals surface area contributed by atoms with Gasteiger partial charge in [0, 0.05) is 0 Å². The minimum atomic E-state index is -5.02. The van der Waals surface area contributed by atoms with Crippen LogP contribution in [0, 0.1) is 20.8 Å². The lowest BCUT2D eigenvalue weighted by Gasteiger charge is -2.19. The lowest BCUT2D eigenvalue weighted by Crippen LogP contribution is -2.23. The van der Waals surface area contributed by atoms with Gasteiger partial charge in [-0.3, -0.25) is 0 Å². The van der Waals surface area contributed by atoms with Crippen LogP contribution in [0.2, 0.25) is 0 Å². The molecule has 0 aliphatic carbocycles. The largest absolute Gasteiger partial charge is 0.508 e. The summed E-state index contributed by atoms with van der Waals surface area (Å²) in [5.41, 5.74) is 2.01. The van der Waals surface area contributed by atoms with E-state index in [9.17, 15) is 12.9 Å². The van der Waals surface area contributed by atoms with Gasteiger partial charge in [0.1, 0.15) is 5.75 Å². The molecule has 94 valence electrons. The third-order valence-corrected chi connectivity index (χ3v) is 2.64. The molecule has 0 aliphatic heterocycles. The van der Waals surface area contributed by atoms with E-state index in [-0.39, 0.29) is 0 Å². The van der Waals surface area contributed by atoms with E-state index in [1.54, 1.807) is 6.07 Å². The fraction of sp³-hybridized carbons (Fsp3) is 0.333. The molecule has 0 bridgehead atoms. The van der Waals surface area contributed by atoms with Gasteiger partial charge in [-0.15, -0.1) is 12.1 Å². The summed E-state index contributed by atoms with van der Waals surface area (Å²) < 4.78 is 42.1. The van der Waals surface area contributed by atoms with Crippen molar-refractivity contribution in [1.82, 2.24) is 0 Å². The first-order valence-electron chi connectivity index (χ1n) is 5.30. The van der Waals surface area contributed by atoms with Crippen LogP contribution in [0.1, 0.15) is 16.7 Å². The van der Waals surface area contributed by atoms with Gasteiger partial charge in [0.15, 0.2) is 0 Å². The third-order valence-electron chi connectivity index (χ3n) is 2.64. The monoisotopic (exact) mass is 243 g/mol. The summed E-state index contributed by atoms with van der Waals surface area (Å²) in [6.07, 6.45) is 0. The van der Waals surface area contributed by atoms with Gasteiger partial charge in [-0.05, 0) is 43.5 Å². The van der Waals surface area contributed by atoms with Gasteiger partial charge in [0.25, 0.3) is 0 Å². The fourth-order valence-electron chi connectivity index (χ4n) is 1.42. The Morgan fingerprint density at radius 3 is 2.35 bits per heavy atom. The van der Waals surface area contributed by atoms with Gasteiger partial charge in [0.05, 0.1) is 6.61 Å². The number of hydrogen-bond acceptors (Lipinski definition) is 1. The van der Waals surface area contributed by atoms with Crippen LogP contribution in [0.5, 0.6) is 5.75 Å². The molecule has 0 fully saturated rings. The molecule has 0 saturated carbocycles. The van der Waals surface area contributed by atoms with Crippen LogP contribution >= 0.6 is 0 Å². The van der Waals surface area contributed by atoms with Gasteiger partial charge >= 0.3 is 6.98 Å². The smallest absolute Gasteiger partial charge is 0.492 e. The van der Waals surface area contributed by atoms with E-state index in [1.165, 1.54) is 0 Å². The van der Waals surface area contributed by atoms with Crippen LogP contribution in [0.25, 0.3) is 0 Å². The predicted molar refractivity (Wildman–Crippen MR) is 64.4 cm³/mol. The van der Waals surface area contributed by atoms with Gasteiger partial charge in [-0.25, -0.2) is 0 Å². The van der Waals surface area contributed by atoms with Crippen molar-refractivity contribution in [1.29, 1.82) is 0 Å². The Bertz CT molecular complexity index is 438. The number of rotatable bonds is 4. The highest BCUT2D eigenvalue weighted by Gasteiger charge is 2.27. The summed E-state index contributed by atoms with van der Waals surface area (Å²) in [5, 5.41) is 0. The standard InChI is InChI=1S/C12H15BF3O/c1-8-5-9(2)11(4)12(6-8)17-7-10(3)13(14,15)16/h5-6H,3,7H2,1-2,4H3/q-1. The van der Waals surface area contributed by atoms with Crippen LogP contribution in [0.4, 0.5) is 12.9 Å². The summed E-state index contributed by atoms with van der Waals surface area (Å²) >= 11 is 0. The van der Waals surface area contributed by atoms with Crippen molar-refractivity contribution in [3.05, 3.63) is 40.9 Å². The van der Waals surface area contributed by atoms with E-state index >= 15 is 0 Å². The van der Waals surface area contributed by atoms with E-state index in [0.717, 1.165) is 16.7 Å². The molecule has 17 heavy (non-hydrogen) atoms. The highest BCUT2D eigenvalue weighted by Crippen LogP contribution is 2.25. The average Bonchev–Trinajstić information content (AvgIpc) is 2.19. The average molecular weight is 243 g/mol. The number of ether oxygens (including phenoxy) is 1. The Balaban J connectivity index is 2.80. The Hall–Kier alpha value is -1.39. The van der Waals surface area contributed by atoms with Gasteiger partial charge in [-0.2, -0.15) is 0 Å². The second-order valence-corrected chi connectivity index (χ2v) is 4.23. The third kappa shape index (κ3) is 3.54. The normalized spacial score (nSPS) is 11.4. The van der Waals surface area contributed by atoms with Crippen molar-refractivity contribution < 1.29 is 17.7 Å². The summed E-state index contributed by atoms with van der Waals surface area (Å²) in [5.74, 6) is 0.490. The van der Waals surface area contributed by atoms with Crippen molar-refractivity contribution in [2.24, 2.45) is 0 Å². The van der Waals surface area contributed by atoms with E-state index in [0.29, 0.717) is 5.75 Å². The molecule has 0 saturated heterocycles. The zero-order valence-electron chi connectivity index (χ0n) is 10.2. The maximum Gasteiger partial charge on any atom is 0.508 e. The first-order chi connectivity index (χ1) is 7.71. The number of hydrogen-bond donors (Lipinski definition) is 0. The lowest BCUT2D eigenvalue weighted by atomic mass is 9.81.